The molecule has 0 atom stereocenters. The van der Waals surface area contributed by atoms with Crippen LogP contribution < -0.4 is 4.74 Å². The molecule has 2 aromatic carbocycles. The van der Waals surface area contributed by atoms with Crippen LogP contribution in [0, 0.1) is 0 Å². The SMILES string of the molecule is C=CCn1nnnc1-c1ccc(-c2ccc(OCOC)cc2)cc1. The minimum Gasteiger partial charge on any atom is -0.468 e. The molecular weight excluding hydrogens is 304 g/mol. The van der Waals surface area contributed by atoms with E-state index >= 15 is 0 Å². The molecule has 0 saturated carbocycles. The van der Waals surface area contributed by atoms with Crippen LogP contribution in [0.5, 0.6) is 5.75 Å². The van der Waals surface area contributed by atoms with Crippen molar-refractivity contribution in [3.63, 3.8) is 0 Å². The van der Waals surface area contributed by atoms with Gasteiger partial charge in [0.25, 0.3) is 0 Å². The highest BCUT2D eigenvalue weighted by atomic mass is 16.7. The summed E-state index contributed by atoms with van der Waals surface area (Å²) in [5.41, 5.74) is 3.18. The minimum atomic E-state index is 0.244. The van der Waals surface area contributed by atoms with Gasteiger partial charge in [-0.25, -0.2) is 4.68 Å². The lowest BCUT2D eigenvalue weighted by molar-refractivity contribution is 0.0511. The molecule has 0 radical (unpaired) electrons. The summed E-state index contributed by atoms with van der Waals surface area (Å²) < 4.78 is 12.0. The fraction of sp³-hybridized carbons (Fsp3) is 0.167. The van der Waals surface area contributed by atoms with Crippen molar-refractivity contribution < 1.29 is 9.47 Å². The predicted octanol–water partition coefficient (Wildman–Crippen LogP) is 3.18. The molecule has 0 aliphatic heterocycles. The van der Waals surface area contributed by atoms with Gasteiger partial charge in [-0.3, -0.25) is 0 Å². The number of benzene rings is 2. The highest BCUT2D eigenvalue weighted by Crippen LogP contribution is 2.25. The third kappa shape index (κ3) is 3.49. The van der Waals surface area contributed by atoms with Crippen molar-refractivity contribution in [2.24, 2.45) is 0 Å². The Balaban J connectivity index is 1.79. The van der Waals surface area contributed by atoms with Gasteiger partial charge in [-0.15, -0.1) is 11.7 Å². The molecule has 0 amide bonds. The van der Waals surface area contributed by atoms with Crippen LogP contribution in [-0.4, -0.2) is 34.1 Å². The molecule has 122 valence electrons. The number of ether oxygens (including phenoxy) is 2. The zero-order valence-electron chi connectivity index (χ0n) is 13.4. The van der Waals surface area contributed by atoms with Gasteiger partial charge in [0.05, 0.1) is 6.54 Å². The van der Waals surface area contributed by atoms with E-state index in [2.05, 4.69) is 22.1 Å². The average molecular weight is 322 g/mol. The van der Waals surface area contributed by atoms with Crippen LogP contribution in [-0.2, 0) is 11.3 Å². The van der Waals surface area contributed by atoms with E-state index in [1.807, 2.05) is 48.5 Å². The summed E-state index contributed by atoms with van der Waals surface area (Å²) in [6, 6.07) is 16.0. The summed E-state index contributed by atoms with van der Waals surface area (Å²) >= 11 is 0. The summed E-state index contributed by atoms with van der Waals surface area (Å²) in [6.45, 7) is 4.54. The first-order valence-corrected chi connectivity index (χ1v) is 7.51. The molecule has 0 N–H and O–H groups in total. The van der Waals surface area contributed by atoms with Crippen molar-refractivity contribution >= 4 is 0 Å². The predicted molar refractivity (Wildman–Crippen MR) is 91.4 cm³/mol. The average Bonchev–Trinajstić information content (AvgIpc) is 3.09. The third-order valence-corrected chi connectivity index (χ3v) is 3.51. The fourth-order valence-corrected chi connectivity index (χ4v) is 2.34. The van der Waals surface area contributed by atoms with Crippen LogP contribution in [0.1, 0.15) is 0 Å². The number of hydrogen-bond acceptors (Lipinski definition) is 5. The molecule has 6 heteroatoms. The Morgan fingerprint density at radius 2 is 1.62 bits per heavy atom. The standard InChI is InChI=1S/C18H18N4O2/c1-3-12-22-18(19-20-21-22)16-6-4-14(5-7-16)15-8-10-17(11-9-15)24-13-23-2/h3-11H,1,12-13H2,2H3. The molecule has 0 aliphatic rings. The van der Waals surface area contributed by atoms with Crippen LogP contribution in [0.25, 0.3) is 22.5 Å². The smallest absolute Gasteiger partial charge is 0.188 e. The van der Waals surface area contributed by atoms with E-state index in [0.29, 0.717) is 6.54 Å². The maximum Gasteiger partial charge on any atom is 0.188 e. The summed E-state index contributed by atoms with van der Waals surface area (Å²) in [5.74, 6) is 1.51. The molecule has 0 spiro atoms. The van der Waals surface area contributed by atoms with Crippen LogP contribution >= 0.6 is 0 Å². The van der Waals surface area contributed by atoms with Gasteiger partial charge in [0.2, 0.25) is 0 Å². The first-order chi connectivity index (χ1) is 11.8. The van der Waals surface area contributed by atoms with Crippen molar-refractivity contribution in [1.29, 1.82) is 0 Å². The second-order valence-electron chi connectivity index (χ2n) is 5.13. The molecule has 0 aliphatic carbocycles. The summed E-state index contributed by atoms with van der Waals surface area (Å²) in [4.78, 5) is 0. The van der Waals surface area contributed by atoms with Gasteiger partial charge in [0, 0.05) is 12.7 Å². The first-order valence-electron chi connectivity index (χ1n) is 7.51. The largest absolute Gasteiger partial charge is 0.468 e. The molecule has 0 bridgehead atoms. The Morgan fingerprint density at radius 3 is 2.25 bits per heavy atom. The number of methoxy groups -OCH3 is 1. The van der Waals surface area contributed by atoms with Gasteiger partial charge < -0.3 is 9.47 Å². The van der Waals surface area contributed by atoms with Crippen molar-refractivity contribution in [1.82, 2.24) is 20.2 Å². The third-order valence-electron chi connectivity index (χ3n) is 3.51. The Hall–Kier alpha value is -2.99. The lowest BCUT2D eigenvalue weighted by Crippen LogP contribution is -2.00. The van der Waals surface area contributed by atoms with Gasteiger partial charge in [-0.1, -0.05) is 42.5 Å². The monoisotopic (exact) mass is 322 g/mol. The summed E-state index contributed by atoms with van der Waals surface area (Å²) in [6.07, 6.45) is 1.77. The van der Waals surface area contributed by atoms with E-state index in [-0.39, 0.29) is 6.79 Å². The van der Waals surface area contributed by atoms with E-state index in [1.54, 1.807) is 17.9 Å². The zero-order valence-corrected chi connectivity index (χ0v) is 13.4. The molecule has 24 heavy (non-hydrogen) atoms. The molecule has 1 aromatic heterocycles. The lowest BCUT2D eigenvalue weighted by atomic mass is 10.0. The normalized spacial score (nSPS) is 10.5. The molecule has 0 saturated heterocycles. The van der Waals surface area contributed by atoms with Gasteiger partial charge in [-0.05, 0) is 33.7 Å². The molecule has 3 rings (SSSR count). The van der Waals surface area contributed by atoms with E-state index in [1.165, 1.54) is 0 Å². The van der Waals surface area contributed by atoms with Crippen molar-refractivity contribution in [3.8, 4) is 28.3 Å². The molecule has 3 aromatic rings. The van der Waals surface area contributed by atoms with E-state index in [9.17, 15) is 0 Å². The molecule has 1 heterocycles. The number of rotatable bonds is 7. The second kappa shape index (κ2) is 7.52. The van der Waals surface area contributed by atoms with Gasteiger partial charge in [0.15, 0.2) is 12.6 Å². The fourth-order valence-electron chi connectivity index (χ4n) is 2.34. The topological polar surface area (TPSA) is 62.1 Å². The molecule has 0 unspecified atom stereocenters. The van der Waals surface area contributed by atoms with Crippen LogP contribution in [0.2, 0.25) is 0 Å². The maximum atomic E-state index is 5.40. The van der Waals surface area contributed by atoms with Crippen LogP contribution in [0.4, 0.5) is 0 Å². The minimum absolute atomic E-state index is 0.244. The number of tetrazole rings is 1. The summed E-state index contributed by atoms with van der Waals surface area (Å²) in [7, 11) is 1.60. The Bertz CT molecular complexity index is 795. The van der Waals surface area contributed by atoms with E-state index in [4.69, 9.17) is 9.47 Å². The van der Waals surface area contributed by atoms with Crippen LogP contribution in [0.3, 0.4) is 0 Å². The first kappa shape index (κ1) is 15.9. The highest BCUT2D eigenvalue weighted by Gasteiger charge is 2.08. The van der Waals surface area contributed by atoms with Crippen LogP contribution in [0.15, 0.2) is 61.2 Å². The number of nitrogens with zero attached hydrogens (tertiary/aromatic N) is 4. The molecule has 0 fully saturated rings. The van der Waals surface area contributed by atoms with Gasteiger partial charge in [-0.2, -0.15) is 0 Å². The van der Waals surface area contributed by atoms with Crippen molar-refractivity contribution in [3.05, 3.63) is 61.2 Å². The quantitative estimate of drug-likeness (QED) is 0.494. The molecular formula is C18H18N4O2. The van der Waals surface area contributed by atoms with Crippen molar-refractivity contribution in [2.45, 2.75) is 6.54 Å². The summed E-state index contributed by atoms with van der Waals surface area (Å²) in [5, 5.41) is 11.8. The number of aromatic nitrogens is 4. The lowest BCUT2D eigenvalue weighted by Gasteiger charge is -2.07. The second-order valence-corrected chi connectivity index (χ2v) is 5.13. The number of allylic oxidation sites excluding steroid dienone is 1. The zero-order chi connectivity index (χ0) is 16.8. The van der Waals surface area contributed by atoms with Crippen molar-refractivity contribution in [2.75, 3.05) is 13.9 Å². The molecule has 6 nitrogen and oxygen atoms in total. The van der Waals surface area contributed by atoms with E-state index in [0.717, 1.165) is 28.3 Å². The Morgan fingerprint density at radius 1 is 1.00 bits per heavy atom. The maximum absolute atomic E-state index is 5.40. The van der Waals surface area contributed by atoms with E-state index < -0.39 is 0 Å². The van der Waals surface area contributed by atoms with Gasteiger partial charge >= 0.3 is 0 Å². The van der Waals surface area contributed by atoms with Gasteiger partial charge in [0.1, 0.15) is 5.75 Å². The Labute approximate surface area is 140 Å². The highest BCUT2D eigenvalue weighted by molar-refractivity contribution is 5.68. The number of hydrogen-bond donors (Lipinski definition) is 0. The Kier molecular flexibility index (Phi) is 4.98.